The Morgan fingerprint density at radius 2 is 1.88 bits per heavy atom. The fourth-order valence-corrected chi connectivity index (χ4v) is 7.49. The molecule has 0 aromatic carbocycles. The average Bonchev–Trinajstić information content (AvgIpc) is 3.77. The number of nitrogens with zero attached hydrogens (tertiary/aromatic N) is 1. The Morgan fingerprint density at radius 1 is 1.21 bits per heavy atom. The number of carbonyl (C=O) groups excluding carboxylic acids is 4. The first-order valence-electron chi connectivity index (χ1n) is 15.4. The fourth-order valence-electron chi connectivity index (χ4n) is 6.18. The van der Waals surface area contributed by atoms with Crippen LogP contribution in [0.25, 0.3) is 0 Å². The van der Waals surface area contributed by atoms with E-state index in [1.807, 2.05) is 19.1 Å². The number of hydrogen-bond acceptors (Lipinski definition) is 8. The van der Waals surface area contributed by atoms with Crippen molar-refractivity contribution in [2.45, 2.75) is 127 Å². The lowest BCUT2D eigenvalue weighted by molar-refractivity contribution is -0.142. The molecule has 4 amide bonds. The highest BCUT2D eigenvalue weighted by molar-refractivity contribution is 7.91. The highest BCUT2D eigenvalue weighted by atomic mass is 32.2. The van der Waals surface area contributed by atoms with Crippen LogP contribution >= 0.6 is 0 Å². The Balaban J connectivity index is 1.65. The van der Waals surface area contributed by atoms with Gasteiger partial charge in [-0.25, -0.2) is 13.2 Å². The number of ether oxygens (including phenoxy) is 1. The van der Waals surface area contributed by atoms with Gasteiger partial charge in [0.2, 0.25) is 21.8 Å². The van der Waals surface area contributed by atoms with Gasteiger partial charge in [0.1, 0.15) is 23.2 Å². The third-order valence-corrected chi connectivity index (χ3v) is 11.5. The van der Waals surface area contributed by atoms with E-state index >= 15 is 0 Å². The minimum atomic E-state index is -3.94. The highest BCUT2D eigenvalue weighted by Crippen LogP contribution is 2.47. The molecule has 1 saturated heterocycles. The van der Waals surface area contributed by atoms with Crippen LogP contribution in [0.5, 0.6) is 0 Å². The highest BCUT2D eigenvalue weighted by Gasteiger charge is 2.63. The summed E-state index contributed by atoms with van der Waals surface area (Å²) < 4.78 is 32.4. The molecule has 242 valence electrons. The van der Waals surface area contributed by atoms with Gasteiger partial charge in [-0.05, 0) is 78.1 Å². The molecule has 0 spiro atoms. The molecule has 2 aliphatic heterocycles. The van der Waals surface area contributed by atoms with Crippen LogP contribution in [0.4, 0.5) is 4.79 Å². The third-order valence-electron chi connectivity index (χ3n) is 9.29. The summed E-state index contributed by atoms with van der Waals surface area (Å²) in [6, 6.07) is -2.11. The number of aliphatic hydroxyl groups is 1. The SMILES string of the molecule is CC[C@@H]1C[C@H](C)CC/C=C\[C@@H]2C[C@@]2(C(=O)NS(=O)(=O)C2(C)CC2)NC(=O)[C@@H]2C[C@@H](O)CN2C(=O)[C@H]1NC(=O)OC(C)(C)C. The first-order valence-corrected chi connectivity index (χ1v) is 16.9. The van der Waals surface area contributed by atoms with Crippen LogP contribution < -0.4 is 15.4 Å². The van der Waals surface area contributed by atoms with Gasteiger partial charge in [-0.3, -0.25) is 19.1 Å². The molecule has 43 heavy (non-hydrogen) atoms. The number of allylic oxidation sites excluding steroid dienone is 1. The number of nitrogens with one attached hydrogen (secondary N) is 3. The maximum absolute atomic E-state index is 14.1. The number of rotatable bonds is 5. The van der Waals surface area contributed by atoms with E-state index in [0.29, 0.717) is 32.1 Å². The Morgan fingerprint density at radius 3 is 2.49 bits per heavy atom. The van der Waals surface area contributed by atoms with Crippen LogP contribution in [0.3, 0.4) is 0 Å². The van der Waals surface area contributed by atoms with Crippen LogP contribution in [0.15, 0.2) is 12.2 Å². The third kappa shape index (κ3) is 7.35. The summed E-state index contributed by atoms with van der Waals surface area (Å²) in [6.07, 6.45) is 5.82. The minimum Gasteiger partial charge on any atom is -0.444 e. The van der Waals surface area contributed by atoms with E-state index in [2.05, 4.69) is 22.3 Å². The van der Waals surface area contributed by atoms with Crippen molar-refractivity contribution >= 4 is 33.8 Å². The van der Waals surface area contributed by atoms with Gasteiger partial charge in [0, 0.05) is 18.9 Å². The van der Waals surface area contributed by atoms with Gasteiger partial charge in [0.15, 0.2) is 0 Å². The van der Waals surface area contributed by atoms with Crippen LogP contribution in [-0.4, -0.2) is 82.9 Å². The van der Waals surface area contributed by atoms with E-state index in [1.165, 1.54) is 4.90 Å². The summed E-state index contributed by atoms with van der Waals surface area (Å²) in [5.41, 5.74) is -2.28. The Kier molecular flexibility index (Phi) is 9.29. The lowest BCUT2D eigenvalue weighted by Crippen LogP contribution is -2.59. The largest absolute Gasteiger partial charge is 0.444 e. The number of carbonyl (C=O) groups is 4. The monoisotopic (exact) mass is 624 g/mol. The van der Waals surface area contributed by atoms with Gasteiger partial charge in [-0.15, -0.1) is 0 Å². The normalized spacial score (nSPS) is 35.3. The average molecular weight is 625 g/mol. The Bertz CT molecular complexity index is 1260. The molecule has 3 fully saturated rings. The summed E-state index contributed by atoms with van der Waals surface area (Å²) in [7, 11) is -3.94. The number of hydrogen-bond donors (Lipinski definition) is 4. The Hall–Kier alpha value is -2.67. The van der Waals surface area contributed by atoms with E-state index in [1.54, 1.807) is 27.7 Å². The van der Waals surface area contributed by atoms with Crippen molar-refractivity contribution in [2.75, 3.05) is 6.54 Å². The van der Waals surface area contributed by atoms with E-state index in [0.717, 1.165) is 6.42 Å². The second-order valence-electron chi connectivity index (χ2n) is 14.2. The lowest BCUT2D eigenvalue weighted by Gasteiger charge is -2.34. The van der Waals surface area contributed by atoms with Crippen LogP contribution in [-0.2, 0) is 29.1 Å². The maximum atomic E-state index is 14.1. The molecule has 2 heterocycles. The van der Waals surface area contributed by atoms with Crippen molar-refractivity contribution in [2.24, 2.45) is 17.8 Å². The lowest BCUT2D eigenvalue weighted by atomic mass is 9.85. The van der Waals surface area contributed by atoms with Crippen molar-refractivity contribution in [3.05, 3.63) is 12.2 Å². The molecule has 4 N–H and O–H groups in total. The molecular formula is C30H48N4O8S. The molecule has 0 aromatic rings. The van der Waals surface area contributed by atoms with Crippen molar-refractivity contribution in [1.82, 2.24) is 20.3 Å². The zero-order chi connectivity index (χ0) is 32.0. The van der Waals surface area contributed by atoms with E-state index in [4.69, 9.17) is 4.74 Å². The van der Waals surface area contributed by atoms with E-state index in [9.17, 15) is 32.7 Å². The number of amides is 4. The first kappa shape index (κ1) is 33.2. The quantitative estimate of drug-likeness (QED) is 0.337. The molecule has 13 heteroatoms. The smallest absolute Gasteiger partial charge is 0.408 e. The van der Waals surface area contributed by atoms with Gasteiger partial charge < -0.3 is 25.4 Å². The standard InChI is InChI=1S/C30H48N4O8S/c1-7-19-14-18(2)10-8-9-11-20-16-30(20,26(38)33-43(40,41)29(6)12-13-29)32-24(36)22-15-21(35)17-34(22)25(37)23(19)31-27(39)42-28(3,4)5/h9,11,18-23,35H,7-8,10,12-17H2,1-6H3,(H,31,39)(H,32,36)(H,33,38)/b11-9-/t18-,19-,20-,21-,22+,23+,30-/m1/s1. The predicted molar refractivity (Wildman–Crippen MR) is 159 cm³/mol. The second-order valence-corrected chi connectivity index (χ2v) is 16.4. The second kappa shape index (κ2) is 12.0. The molecule has 12 nitrogen and oxygen atoms in total. The fraction of sp³-hybridized carbons (Fsp3) is 0.800. The molecule has 0 aromatic heterocycles. The maximum Gasteiger partial charge on any atom is 0.408 e. The zero-order valence-electron chi connectivity index (χ0n) is 26.1. The van der Waals surface area contributed by atoms with Crippen molar-refractivity contribution < 1.29 is 37.4 Å². The molecule has 0 unspecified atom stereocenters. The van der Waals surface area contributed by atoms with Crippen molar-refractivity contribution in [3.8, 4) is 0 Å². The van der Waals surface area contributed by atoms with Gasteiger partial charge in [-0.2, -0.15) is 0 Å². The molecule has 0 radical (unpaired) electrons. The summed E-state index contributed by atoms with van der Waals surface area (Å²) >= 11 is 0. The number of sulfonamides is 1. The molecule has 0 bridgehead atoms. The molecule has 7 atom stereocenters. The van der Waals surface area contributed by atoms with Crippen molar-refractivity contribution in [1.29, 1.82) is 0 Å². The summed E-state index contributed by atoms with van der Waals surface area (Å²) in [6.45, 7) is 10.7. The summed E-state index contributed by atoms with van der Waals surface area (Å²) in [4.78, 5) is 55.6. The van der Waals surface area contributed by atoms with E-state index in [-0.39, 0.29) is 31.2 Å². The molecule has 2 saturated carbocycles. The zero-order valence-corrected chi connectivity index (χ0v) is 27.0. The van der Waals surface area contributed by atoms with Crippen LogP contribution in [0.1, 0.15) is 92.9 Å². The summed E-state index contributed by atoms with van der Waals surface area (Å²) in [5.74, 6) is -2.45. The van der Waals surface area contributed by atoms with Gasteiger partial charge >= 0.3 is 6.09 Å². The minimum absolute atomic E-state index is 0.0570. The van der Waals surface area contributed by atoms with Gasteiger partial charge in [0.05, 0.1) is 10.9 Å². The molecule has 4 rings (SSSR count). The van der Waals surface area contributed by atoms with Crippen LogP contribution in [0, 0.1) is 17.8 Å². The van der Waals surface area contributed by atoms with Gasteiger partial charge in [-0.1, -0.05) is 32.4 Å². The number of fused-ring (bicyclic) bond motifs is 2. The molecular weight excluding hydrogens is 576 g/mol. The van der Waals surface area contributed by atoms with Gasteiger partial charge in [0.25, 0.3) is 5.91 Å². The predicted octanol–water partition coefficient (Wildman–Crippen LogP) is 2.12. The molecule has 4 aliphatic rings. The number of aliphatic hydroxyl groups excluding tert-OH is 1. The Labute approximate surface area is 254 Å². The summed E-state index contributed by atoms with van der Waals surface area (Å²) in [5, 5.41) is 16.1. The van der Waals surface area contributed by atoms with Crippen LogP contribution in [0.2, 0.25) is 0 Å². The van der Waals surface area contributed by atoms with Crippen molar-refractivity contribution in [3.63, 3.8) is 0 Å². The first-order chi connectivity index (χ1) is 19.9. The topological polar surface area (TPSA) is 171 Å². The van der Waals surface area contributed by atoms with E-state index < -0.39 is 73.8 Å². The number of alkyl carbamates (subject to hydrolysis) is 1. The molecule has 2 aliphatic carbocycles.